The van der Waals surface area contributed by atoms with Gasteiger partial charge in [-0.25, -0.2) is 18.0 Å². The molecule has 2 rings (SSSR count). The standard InChI is InChI=1S/C20H21NO7S/c1-27-19(23)16-8-6-14(7-9-16)11-21-18(22)12-28-20(24)17-5-3-4-15(10-17)13-29(2,25)26/h3-10H,11-13H2,1-2H3,(H,21,22). The van der Waals surface area contributed by atoms with Crippen molar-refractivity contribution in [3.8, 4) is 0 Å². The van der Waals surface area contributed by atoms with Crippen LogP contribution in [0.1, 0.15) is 31.8 Å². The fourth-order valence-electron chi connectivity index (χ4n) is 2.43. The Kier molecular flexibility index (Phi) is 7.49. The molecular formula is C20H21NO7S. The van der Waals surface area contributed by atoms with E-state index in [2.05, 4.69) is 10.1 Å². The fraction of sp³-hybridized carbons (Fsp3) is 0.250. The van der Waals surface area contributed by atoms with E-state index in [1.807, 2.05) is 0 Å². The Morgan fingerprint density at radius 3 is 2.24 bits per heavy atom. The number of ether oxygens (including phenoxy) is 2. The number of sulfone groups is 1. The highest BCUT2D eigenvalue weighted by Crippen LogP contribution is 2.10. The van der Waals surface area contributed by atoms with Gasteiger partial charge in [-0.05, 0) is 35.4 Å². The van der Waals surface area contributed by atoms with E-state index in [-0.39, 0.29) is 17.9 Å². The van der Waals surface area contributed by atoms with Crippen molar-refractivity contribution in [1.82, 2.24) is 5.32 Å². The molecule has 0 aliphatic heterocycles. The monoisotopic (exact) mass is 419 g/mol. The van der Waals surface area contributed by atoms with Crippen molar-refractivity contribution in [3.63, 3.8) is 0 Å². The zero-order chi connectivity index (χ0) is 21.4. The van der Waals surface area contributed by atoms with Crippen LogP contribution in [-0.2, 0) is 36.4 Å². The molecule has 0 atom stereocenters. The summed E-state index contributed by atoms with van der Waals surface area (Å²) in [6.45, 7) is -0.281. The van der Waals surface area contributed by atoms with Gasteiger partial charge in [-0.15, -0.1) is 0 Å². The van der Waals surface area contributed by atoms with E-state index in [1.54, 1.807) is 36.4 Å². The second-order valence-corrected chi connectivity index (χ2v) is 8.45. The zero-order valence-corrected chi connectivity index (χ0v) is 16.8. The normalized spacial score (nSPS) is 10.8. The van der Waals surface area contributed by atoms with Gasteiger partial charge in [0.25, 0.3) is 5.91 Å². The van der Waals surface area contributed by atoms with Crippen molar-refractivity contribution in [3.05, 3.63) is 70.8 Å². The lowest BCUT2D eigenvalue weighted by Gasteiger charge is -2.08. The van der Waals surface area contributed by atoms with Crippen molar-refractivity contribution >= 4 is 27.7 Å². The molecule has 0 aliphatic rings. The molecule has 1 N–H and O–H groups in total. The number of rotatable bonds is 8. The molecule has 1 amide bonds. The molecule has 0 saturated heterocycles. The van der Waals surface area contributed by atoms with Gasteiger partial charge in [-0.1, -0.05) is 24.3 Å². The number of benzene rings is 2. The number of carbonyl (C=O) groups excluding carboxylic acids is 3. The van der Waals surface area contributed by atoms with Gasteiger partial charge in [0.2, 0.25) is 0 Å². The van der Waals surface area contributed by atoms with Gasteiger partial charge >= 0.3 is 11.9 Å². The third kappa shape index (κ3) is 7.38. The molecule has 0 fully saturated rings. The van der Waals surface area contributed by atoms with Crippen molar-refractivity contribution < 1.29 is 32.3 Å². The summed E-state index contributed by atoms with van der Waals surface area (Å²) in [5, 5.41) is 2.60. The molecule has 2 aromatic rings. The van der Waals surface area contributed by atoms with E-state index in [0.29, 0.717) is 11.1 Å². The van der Waals surface area contributed by atoms with Crippen LogP contribution in [-0.4, -0.2) is 46.2 Å². The van der Waals surface area contributed by atoms with Gasteiger partial charge < -0.3 is 14.8 Å². The summed E-state index contributed by atoms with van der Waals surface area (Å²) in [5.74, 6) is -1.86. The number of hydrogen-bond acceptors (Lipinski definition) is 7. The van der Waals surface area contributed by atoms with Gasteiger partial charge in [-0.2, -0.15) is 0 Å². The highest BCUT2D eigenvalue weighted by molar-refractivity contribution is 7.89. The second-order valence-electron chi connectivity index (χ2n) is 6.31. The van der Waals surface area contributed by atoms with Crippen LogP contribution in [0.25, 0.3) is 0 Å². The maximum Gasteiger partial charge on any atom is 0.338 e. The highest BCUT2D eigenvalue weighted by Gasteiger charge is 2.12. The molecule has 0 heterocycles. The predicted molar refractivity (Wildman–Crippen MR) is 105 cm³/mol. The molecule has 0 bridgehead atoms. The first-order valence-corrected chi connectivity index (χ1v) is 10.6. The number of methoxy groups -OCH3 is 1. The molecule has 0 aromatic heterocycles. The number of esters is 2. The molecule has 29 heavy (non-hydrogen) atoms. The van der Waals surface area contributed by atoms with Crippen LogP contribution in [0.3, 0.4) is 0 Å². The molecule has 0 unspecified atom stereocenters. The molecule has 8 nitrogen and oxygen atoms in total. The Hall–Kier alpha value is -3.20. The summed E-state index contributed by atoms with van der Waals surface area (Å²) in [7, 11) is -1.94. The molecule has 0 radical (unpaired) electrons. The van der Waals surface area contributed by atoms with Gasteiger partial charge in [-0.3, -0.25) is 4.79 Å². The van der Waals surface area contributed by atoms with Crippen LogP contribution in [0, 0.1) is 0 Å². The molecular weight excluding hydrogens is 398 g/mol. The molecule has 9 heteroatoms. The maximum absolute atomic E-state index is 12.1. The largest absolute Gasteiger partial charge is 0.465 e. The quantitative estimate of drug-likeness (QED) is 0.645. The summed E-state index contributed by atoms with van der Waals surface area (Å²) in [5.41, 5.74) is 1.78. The summed E-state index contributed by atoms with van der Waals surface area (Å²) in [4.78, 5) is 35.3. The topological polar surface area (TPSA) is 116 Å². The van der Waals surface area contributed by atoms with Crippen molar-refractivity contribution in [1.29, 1.82) is 0 Å². The summed E-state index contributed by atoms with van der Waals surface area (Å²) in [6, 6.07) is 12.6. The summed E-state index contributed by atoms with van der Waals surface area (Å²) in [6.07, 6.45) is 1.10. The Morgan fingerprint density at radius 2 is 1.62 bits per heavy atom. The summed E-state index contributed by atoms with van der Waals surface area (Å²) >= 11 is 0. The van der Waals surface area contributed by atoms with E-state index in [0.717, 1.165) is 11.8 Å². The number of amides is 1. The van der Waals surface area contributed by atoms with E-state index < -0.39 is 34.3 Å². The lowest BCUT2D eigenvalue weighted by molar-refractivity contribution is -0.124. The van der Waals surface area contributed by atoms with Crippen molar-refractivity contribution in [2.45, 2.75) is 12.3 Å². The second kappa shape index (κ2) is 9.83. The number of nitrogens with one attached hydrogen (secondary N) is 1. The Bertz CT molecular complexity index is 998. The minimum atomic E-state index is -3.23. The fourth-order valence-corrected chi connectivity index (χ4v) is 3.22. The van der Waals surface area contributed by atoms with Crippen molar-refractivity contribution in [2.75, 3.05) is 20.0 Å². The Labute approximate surface area is 168 Å². The van der Waals surface area contributed by atoms with E-state index in [9.17, 15) is 22.8 Å². The molecule has 0 spiro atoms. The Morgan fingerprint density at radius 1 is 0.931 bits per heavy atom. The van der Waals surface area contributed by atoms with Gasteiger partial charge in [0.15, 0.2) is 16.4 Å². The molecule has 154 valence electrons. The average molecular weight is 419 g/mol. The molecule has 0 aliphatic carbocycles. The van der Waals surface area contributed by atoms with E-state index in [4.69, 9.17) is 4.74 Å². The van der Waals surface area contributed by atoms with Crippen LogP contribution in [0.5, 0.6) is 0 Å². The van der Waals surface area contributed by atoms with Crippen LogP contribution in [0.15, 0.2) is 48.5 Å². The van der Waals surface area contributed by atoms with Crippen LogP contribution in [0.2, 0.25) is 0 Å². The first kappa shape index (κ1) is 22.1. The first-order valence-electron chi connectivity index (χ1n) is 8.55. The predicted octanol–water partition coefficient (Wildman–Crippen LogP) is 1.49. The number of carbonyl (C=O) groups is 3. The van der Waals surface area contributed by atoms with Gasteiger partial charge in [0.1, 0.15) is 0 Å². The van der Waals surface area contributed by atoms with Crippen LogP contribution in [0.4, 0.5) is 0 Å². The lowest BCUT2D eigenvalue weighted by atomic mass is 10.1. The average Bonchev–Trinajstić information content (AvgIpc) is 2.69. The summed E-state index contributed by atoms with van der Waals surface area (Å²) < 4.78 is 32.3. The van der Waals surface area contributed by atoms with Crippen LogP contribution >= 0.6 is 0 Å². The molecule has 0 saturated carbocycles. The third-order valence-electron chi connectivity index (χ3n) is 3.79. The first-order chi connectivity index (χ1) is 13.7. The van der Waals surface area contributed by atoms with E-state index >= 15 is 0 Å². The minimum absolute atomic E-state index is 0.164. The maximum atomic E-state index is 12.1. The van der Waals surface area contributed by atoms with Gasteiger partial charge in [0, 0.05) is 12.8 Å². The van der Waals surface area contributed by atoms with Gasteiger partial charge in [0.05, 0.1) is 24.0 Å². The zero-order valence-electron chi connectivity index (χ0n) is 16.0. The minimum Gasteiger partial charge on any atom is -0.465 e. The highest BCUT2D eigenvalue weighted by atomic mass is 32.2. The third-order valence-corrected chi connectivity index (χ3v) is 4.65. The van der Waals surface area contributed by atoms with Crippen molar-refractivity contribution in [2.24, 2.45) is 0 Å². The number of hydrogen-bond donors (Lipinski definition) is 1. The Balaban J connectivity index is 1.83. The SMILES string of the molecule is COC(=O)c1ccc(CNC(=O)COC(=O)c2cccc(CS(C)(=O)=O)c2)cc1. The van der Waals surface area contributed by atoms with E-state index in [1.165, 1.54) is 19.2 Å². The van der Waals surface area contributed by atoms with Crippen LogP contribution < -0.4 is 5.32 Å². The molecule has 2 aromatic carbocycles. The smallest absolute Gasteiger partial charge is 0.338 e. The lowest BCUT2D eigenvalue weighted by Crippen LogP contribution is -2.28.